The van der Waals surface area contributed by atoms with Gasteiger partial charge in [-0.05, 0) is 43.9 Å². The van der Waals surface area contributed by atoms with Crippen LogP contribution in [0, 0.1) is 22.2 Å². The van der Waals surface area contributed by atoms with Gasteiger partial charge in [-0.2, -0.15) is 5.26 Å². The molecule has 20 heavy (non-hydrogen) atoms. The first-order valence-electron chi connectivity index (χ1n) is 7.98. The molecule has 0 unspecified atom stereocenters. The molecule has 2 heterocycles. The van der Waals surface area contributed by atoms with Gasteiger partial charge < -0.3 is 9.64 Å². The molecule has 4 nitrogen and oxygen atoms in total. The largest absolute Gasteiger partial charge is 0.381 e. The zero-order chi connectivity index (χ0) is 14.1. The van der Waals surface area contributed by atoms with Crippen LogP contribution in [0.2, 0.25) is 0 Å². The highest BCUT2D eigenvalue weighted by Crippen LogP contribution is 2.46. The summed E-state index contributed by atoms with van der Waals surface area (Å²) in [5, 5.41) is 9.49. The van der Waals surface area contributed by atoms with Crippen LogP contribution in [0.3, 0.4) is 0 Å². The summed E-state index contributed by atoms with van der Waals surface area (Å²) in [5.74, 6) is 0.0659. The Balaban J connectivity index is 1.65. The minimum Gasteiger partial charge on any atom is -0.381 e. The van der Waals surface area contributed by atoms with Crippen LogP contribution in [0.4, 0.5) is 0 Å². The molecule has 2 saturated heterocycles. The van der Waals surface area contributed by atoms with Gasteiger partial charge in [0.15, 0.2) is 0 Å². The highest BCUT2D eigenvalue weighted by molar-refractivity contribution is 5.85. The molecule has 0 radical (unpaired) electrons. The van der Waals surface area contributed by atoms with Gasteiger partial charge in [-0.1, -0.05) is 12.8 Å². The maximum absolute atomic E-state index is 12.8. The Kier molecular flexibility index (Phi) is 3.72. The Labute approximate surface area is 121 Å². The molecule has 0 aromatic rings. The van der Waals surface area contributed by atoms with E-state index in [4.69, 9.17) is 4.74 Å². The van der Waals surface area contributed by atoms with Gasteiger partial charge in [0, 0.05) is 26.3 Å². The molecule has 1 spiro atoms. The molecule has 3 rings (SSSR count). The van der Waals surface area contributed by atoms with Gasteiger partial charge >= 0.3 is 0 Å². The maximum atomic E-state index is 12.8. The van der Waals surface area contributed by atoms with Crippen LogP contribution >= 0.6 is 0 Å². The molecule has 110 valence electrons. The van der Waals surface area contributed by atoms with Gasteiger partial charge in [0.1, 0.15) is 5.41 Å². The quantitative estimate of drug-likeness (QED) is 0.739. The summed E-state index contributed by atoms with van der Waals surface area (Å²) in [5.41, 5.74) is -0.287. The van der Waals surface area contributed by atoms with Crippen molar-refractivity contribution in [1.82, 2.24) is 4.90 Å². The number of piperidine rings is 1. The summed E-state index contributed by atoms with van der Waals surface area (Å²) in [6, 6.07) is 2.30. The fourth-order valence-corrected chi connectivity index (χ4v) is 4.21. The van der Waals surface area contributed by atoms with E-state index in [2.05, 4.69) is 6.07 Å². The Morgan fingerprint density at radius 2 is 1.60 bits per heavy atom. The van der Waals surface area contributed by atoms with Crippen molar-refractivity contribution in [2.45, 2.75) is 51.4 Å². The molecule has 3 fully saturated rings. The number of carbonyl (C=O) groups is 1. The molecule has 0 aromatic carbocycles. The van der Waals surface area contributed by atoms with Crippen LogP contribution in [0.15, 0.2) is 0 Å². The van der Waals surface area contributed by atoms with E-state index in [-0.39, 0.29) is 5.91 Å². The van der Waals surface area contributed by atoms with Crippen LogP contribution in [0.1, 0.15) is 51.4 Å². The van der Waals surface area contributed by atoms with Gasteiger partial charge in [-0.3, -0.25) is 4.79 Å². The average molecular weight is 276 g/mol. The standard InChI is InChI=1S/C16H24N2O2/c17-13-16(7-11-20-12-8-16)14(19)18-9-5-15(6-10-18)3-1-2-4-15/h1-12H2. The summed E-state index contributed by atoms with van der Waals surface area (Å²) in [6.07, 6.45) is 8.78. The van der Waals surface area contributed by atoms with Crippen LogP contribution in [0.25, 0.3) is 0 Å². The smallest absolute Gasteiger partial charge is 0.243 e. The average Bonchev–Trinajstić information content (AvgIpc) is 2.96. The SMILES string of the molecule is N#CC1(C(=O)N2CCC3(CCCC3)CC2)CCOCC1. The molecule has 1 saturated carbocycles. The Bertz CT molecular complexity index is 405. The Morgan fingerprint density at radius 1 is 1.00 bits per heavy atom. The van der Waals surface area contributed by atoms with E-state index in [1.165, 1.54) is 25.7 Å². The molecule has 1 amide bonds. The zero-order valence-electron chi connectivity index (χ0n) is 12.2. The maximum Gasteiger partial charge on any atom is 0.243 e. The Hall–Kier alpha value is -1.08. The van der Waals surface area contributed by atoms with Crippen LogP contribution in [-0.4, -0.2) is 37.1 Å². The number of nitriles is 1. The monoisotopic (exact) mass is 276 g/mol. The first-order chi connectivity index (χ1) is 9.70. The second-order valence-corrected chi connectivity index (χ2v) is 6.81. The second kappa shape index (κ2) is 5.37. The predicted molar refractivity (Wildman–Crippen MR) is 74.8 cm³/mol. The zero-order valence-corrected chi connectivity index (χ0v) is 12.2. The van der Waals surface area contributed by atoms with Crippen LogP contribution < -0.4 is 0 Å². The summed E-state index contributed by atoms with van der Waals surface area (Å²) in [4.78, 5) is 14.7. The number of amides is 1. The van der Waals surface area contributed by atoms with Crippen molar-refractivity contribution >= 4 is 5.91 Å². The minimum atomic E-state index is -0.807. The lowest BCUT2D eigenvalue weighted by atomic mass is 9.75. The first-order valence-corrected chi connectivity index (χ1v) is 7.98. The molecule has 2 aliphatic heterocycles. The normalized spacial score (nSPS) is 28.2. The third kappa shape index (κ3) is 2.33. The number of carbonyl (C=O) groups excluding carboxylic acids is 1. The third-order valence-electron chi connectivity index (χ3n) is 5.75. The Morgan fingerprint density at radius 3 is 2.15 bits per heavy atom. The van der Waals surface area contributed by atoms with E-state index in [0.29, 0.717) is 31.5 Å². The van der Waals surface area contributed by atoms with Gasteiger partial charge in [0.25, 0.3) is 0 Å². The van der Waals surface area contributed by atoms with E-state index < -0.39 is 5.41 Å². The fourth-order valence-electron chi connectivity index (χ4n) is 4.21. The minimum absolute atomic E-state index is 0.0659. The van der Waals surface area contributed by atoms with Crippen molar-refractivity contribution in [2.24, 2.45) is 10.8 Å². The van der Waals surface area contributed by atoms with Crippen LogP contribution in [-0.2, 0) is 9.53 Å². The van der Waals surface area contributed by atoms with Crippen molar-refractivity contribution in [1.29, 1.82) is 5.26 Å². The van der Waals surface area contributed by atoms with Gasteiger partial charge in [-0.25, -0.2) is 0 Å². The lowest BCUT2D eigenvalue weighted by Gasteiger charge is -2.42. The number of nitrogens with zero attached hydrogens (tertiary/aromatic N) is 2. The summed E-state index contributed by atoms with van der Waals surface area (Å²) < 4.78 is 5.32. The summed E-state index contributed by atoms with van der Waals surface area (Å²) in [6.45, 7) is 2.78. The third-order valence-corrected chi connectivity index (χ3v) is 5.75. The van der Waals surface area contributed by atoms with Crippen molar-refractivity contribution < 1.29 is 9.53 Å². The first kappa shape index (κ1) is 13.9. The van der Waals surface area contributed by atoms with Crippen molar-refractivity contribution in [3.63, 3.8) is 0 Å². The molecule has 0 aromatic heterocycles. The number of hydrogen-bond donors (Lipinski definition) is 0. The molecular formula is C16H24N2O2. The lowest BCUT2D eigenvalue weighted by Crippen LogP contribution is -2.50. The van der Waals surface area contributed by atoms with E-state index in [0.717, 1.165) is 25.9 Å². The van der Waals surface area contributed by atoms with E-state index in [9.17, 15) is 10.1 Å². The summed E-state index contributed by atoms with van der Waals surface area (Å²) in [7, 11) is 0. The van der Waals surface area contributed by atoms with E-state index >= 15 is 0 Å². The van der Waals surface area contributed by atoms with Gasteiger partial charge in [0.05, 0.1) is 6.07 Å². The van der Waals surface area contributed by atoms with Crippen LogP contribution in [0.5, 0.6) is 0 Å². The molecule has 0 N–H and O–H groups in total. The van der Waals surface area contributed by atoms with Crippen molar-refractivity contribution in [3.05, 3.63) is 0 Å². The fraction of sp³-hybridized carbons (Fsp3) is 0.875. The number of hydrogen-bond acceptors (Lipinski definition) is 3. The molecule has 1 aliphatic carbocycles. The molecule has 0 atom stereocenters. The predicted octanol–water partition coefficient (Wildman–Crippen LogP) is 2.49. The number of ether oxygens (including phenoxy) is 1. The number of likely N-dealkylation sites (tertiary alicyclic amines) is 1. The molecule has 0 bridgehead atoms. The molecule has 4 heteroatoms. The van der Waals surface area contributed by atoms with E-state index in [1.807, 2.05) is 4.90 Å². The second-order valence-electron chi connectivity index (χ2n) is 6.81. The highest BCUT2D eigenvalue weighted by atomic mass is 16.5. The van der Waals surface area contributed by atoms with Crippen molar-refractivity contribution in [2.75, 3.05) is 26.3 Å². The highest BCUT2D eigenvalue weighted by Gasteiger charge is 2.45. The number of rotatable bonds is 1. The van der Waals surface area contributed by atoms with Gasteiger partial charge in [0.2, 0.25) is 5.91 Å². The lowest BCUT2D eigenvalue weighted by molar-refractivity contribution is -0.145. The topological polar surface area (TPSA) is 53.3 Å². The van der Waals surface area contributed by atoms with Crippen molar-refractivity contribution in [3.8, 4) is 6.07 Å². The van der Waals surface area contributed by atoms with Gasteiger partial charge in [-0.15, -0.1) is 0 Å². The summed E-state index contributed by atoms with van der Waals surface area (Å²) >= 11 is 0. The van der Waals surface area contributed by atoms with E-state index in [1.54, 1.807) is 0 Å². The molecular weight excluding hydrogens is 252 g/mol. The molecule has 3 aliphatic rings.